The Morgan fingerprint density at radius 1 is 1.83 bits per heavy atom. The first kappa shape index (κ1) is 13.0. The average Bonchev–Trinajstić information content (AvgIpc) is 2.74. The third-order valence-electron chi connectivity index (χ3n) is 3.34. The molecule has 2 rings (SSSR count). The maximum atomic E-state index is 13.5. The highest BCUT2D eigenvalue weighted by atomic mass is 19.1. The van der Waals surface area contributed by atoms with Crippen molar-refractivity contribution in [3.8, 4) is 0 Å². The Balaban J connectivity index is 2.25. The number of hydrogen-bond acceptors (Lipinski definition) is 5. The van der Waals surface area contributed by atoms with Gasteiger partial charge in [0.05, 0.1) is 6.61 Å². The van der Waals surface area contributed by atoms with E-state index in [1.807, 2.05) is 0 Å². The lowest BCUT2D eigenvalue weighted by Crippen LogP contribution is -2.42. The molecule has 2 unspecified atom stereocenters. The van der Waals surface area contributed by atoms with E-state index in [1.54, 1.807) is 0 Å². The molecule has 0 saturated carbocycles. The largest absolute Gasteiger partial charge is 0.393 e. The van der Waals surface area contributed by atoms with Crippen LogP contribution in [0.5, 0.6) is 0 Å². The summed E-state index contributed by atoms with van der Waals surface area (Å²) in [6, 6.07) is 1.47. The summed E-state index contributed by atoms with van der Waals surface area (Å²) in [5.74, 6) is 0.126. The number of nitrogen functional groups attached to an aromatic ring is 1. The minimum atomic E-state index is -1.31. The first-order valence-electron chi connectivity index (χ1n) is 5.76. The van der Waals surface area contributed by atoms with Crippen LogP contribution in [0.25, 0.3) is 0 Å². The van der Waals surface area contributed by atoms with Gasteiger partial charge in [-0.15, -0.1) is 0 Å². The van der Waals surface area contributed by atoms with E-state index in [2.05, 4.69) is 4.98 Å². The molecule has 0 spiro atoms. The summed E-state index contributed by atoms with van der Waals surface area (Å²) in [4.78, 5) is 15.2. The van der Waals surface area contributed by atoms with Crippen LogP contribution in [-0.4, -0.2) is 33.0 Å². The molecule has 1 aromatic heterocycles. The van der Waals surface area contributed by atoms with Gasteiger partial charge in [0.1, 0.15) is 23.8 Å². The van der Waals surface area contributed by atoms with Crippen molar-refractivity contribution in [1.82, 2.24) is 9.55 Å². The monoisotopic (exact) mass is 257 g/mol. The van der Waals surface area contributed by atoms with E-state index in [9.17, 15) is 14.3 Å². The molecular formula is C11H16FN3O3. The van der Waals surface area contributed by atoms with Crippen LogP contribution < -0.4 is 11.4 Å². The topological polar surface area (TPSA) is 90.4 Å². The van der Waals surface area contributed by atoms with Crippen molar-refractivity contribution >= 4 is 5.82 Å². The SMILES string of the molecule is CC(F)[C@@]1(CO)CCC(n2ccc(N)nc2=O)O1. The van der Waals surface area contributed by atoms with Gasteiger partial charge in [0, 0.05) is 6.20 Å². The highest BCUT2D eigenvalue weighted by molar-refractivity contribution is 5.23. The Morgan fingerprint density at radius 2 is 2.56 bits per heavy atom. The molecule has 0 aromatic carbocycles. The van der Waals surface area contributed by atoms with Crippen LogP contribution in [0.4, 0.5) is 10.2 Å². The van der Waals surface area contributed by atoms with Crippen molar-refractivity contribution in [2.45, 2.75) is 37.8 Å². The molecule has 0 aliphatic carbocycles. The van der Waals surface area contributed by atoms with Gasteiger partial charge >= 0.3 is 5.69 Å². The smallest absolute Gasteiger partial charge is 0.351 e. The Morgan fingerprint density at radius 3 is 3.06 bits per heavy atom. The van der Waals surface area contributed by atoms with Gasteiger partial charge in [0.2, 0.25) is 0 Å². The standard InChI is InChI=1S/C11H16FN3O3/c1-7(12)11(6-16)4-2-9(18-11)15-5-3-8(13)14-10(15)17/h3,5,7,9,16H,2,4,6H2,1H3,(H2,13,14,17)/t7?,9?,11-/m0/s1. The number of aromatic nitrogens is 2. The molecule has 1 fully saturated rings. The van der Waals surface area contributed by atoms with Crippen LogP contribution in [0.15, 0.2) is 17.1 Å². The molecule has 0 radical (unpaired) electrons. The van der Waals surface area contributed by atoms with Gasteiger partial charge in [-0.3, -0.25) is 4.57 Å². The number of alkyl halides is 1. The predicted octanol–water partition coefficient (Wildman–Crippen LogP) is 0.224. The third kappa shape index (κ3) is 2.11. The molecule has 1 aliphatic heterocycles. The zero-order valence-electron chi connectivity index (χ0n) is 10.0. The fraction of sp³-hybridized carbons (Fsp3) is 0.636. The van der Waals surface area contributed by atoms with E-state index in [0.717, 1.165) is 0 Å². The van der Waals surface area contributed by atoms with Gasteiger partial charge in [-0.05, 0) is 25.8 Å². The van der Waals surface area contributed by atoms with Crippen LogP contribution in [-0.2, 0) is 4.74 Å². The van der Waals surface area contributed by atoms with E-state index >= 15 is 0 Å². The summed E-state index contributed by atoms with van der Waals surface area (Å²) in [5, 5.41) is 9.28. The zero-order valence-corrected chi connectivity index (χ0v) is 10.0. The number of halogens is 1. The van der Waals surface area contributed by atoms with Crippen LogP contribution >= 0.6 is 0 Å². The first-order valence-corrected chi connectivity index (χ1v) is 5.76. The van der Waals surface area contributed by atoms with Crippen LogP contribution in [0.1, 0.15) is 26.0 Å². The molecule has 6 nitrogen and oxygen atoms in total. The Bertz CT molecular complexity index is 491. The number of hydrogen-bond donors (Lipinski definition) is 2. The number of aliphatic hydroxyl groups excluding tert-OH is 1. The molecule has 1 aliphatic rings. The molecule has 1 aromatic rings. The Hall–Kier alpha value is -1.47. The zero-order chi connectivity index (χ0) is 13.3. The molecule has 2 heterocycles. The molecule has 3 atom stereocenters. The van der Waals surface area contributed by atoms with Crippen molar-refractivity contribution in [3.63, 3.8) is 0 Å². The van der Waals surface area contributed by atoms with E-state index in [0.29, 0.717) is 12.8 Å². The average molecular weight is 257 g/mol. The molecule has 100 valence electrons. The summed E-state index contributed by atoms with van der Waals surface area (Å²) < 4.78 is 20.3. The van der Waals surface area contributed by atoms with Crippen LogP contribution in [0.3, 0.4) is 0 Å². The number of aliphatic hydroxyl groups is 1. The van der Waals surface area contributed by atoms with E-state index in [-0.39, 0.29) is 5.82 Å². The lowest BCUT2D eigenvalue weighted by atomic mass is 9.96. The summed E-state index contributed by atoms with van der Waals surface area (Å²) in [6.45, 7) is 0.918. The van der Waals surface area contributed by atoms with Crippen molar-refractivity contribution in [3.05, 3.63) is 22.7 Å². The number of anilines is 1. The first-order chi connectivity index (χ1) is 8.48. The fourth-order valence-corrected chi connectivity index (χ4v) is 2.13. The Labute approximate surface area is 103 Å². The molecule has 7 heteroatoms. The third-order valence-corrected chi connectivity index (χ3v) is 3.34. The van der Waals surface area contributed by atoms with Gasteiger partial charge < -0.3 is 15.6 Å². The van der Waals surface area contributed by atoms with E-state index in [4.69, 9.17) is 10.5 Å². The number of ether oxygens (including phenoxy) is 1. The highest BCUT2D eigenvalue weighted by Crippen LogP contribution is 2.38. The van der Waals surface area contributed by atoms with Gasteiger partial charge in [0.25, 0.3) is 0 Å². The lowest BCUT2D eigenvalue weighted by Gasteiger charge is -2.28. The normalized spacial score (nSPS) is 29.4. The van der Waals surface area contributed by atoms with E-state index < -0.39 is 30.3 Å². The number of nitrogens with zero attached hydrogens (tertiary/aromatic N) is 2. The van der Waals surface area contributed by atoms with Crippen LogP contribution in [0, 0.1) is 0 Å². The maximum absolute atomic E-state index is 13.5. The predicted molar refractivity (Wildman–Crippen MR) is 62.7 cm³/mol. The molecule has 3 N–H and O–H groups in total. The van der Waals surface area contributed by atoms with Gasteiger partial charge in [-0.25, -0.2) is 9.18 Å². The summed E-state index contributed by atoms with van der Waals surface area (Å²) in [7, 11) is 0. The number of rotatable bonds is 3. The van der Waals surface area contributed by atoms with Crippen molar-refractivity contribution < 1.29 is 14.2 Å². The van der Waals surface area contributed by atoms with Gasteiger partial charge in [-0.2, -0.15) is 4.98 Å². The van der Waals surface area contributed by atoms with Gasteiger partial charge in [-0.1, -0.05) is 0 Å². The minimum absolute atomic E-state index is 0.126. The second-order valence-corrected chi connectivity index (χ2v) is 4.49. The maximum Gasteiger partial charge on any atom is 0.351 e. The van der Waals surface area contributed by atoms with E-state index in [1.165, 1.54) is 23.8 Å². The second-order valence-electron chi connectivity index (χ2n) is 4.49. The summed E-state index contributed by atoms with van der Waals surface area (Å²) in [5.41, 5.74) is 3.62. The molecule has 0 amide bonds. The summed E-state index contributed by atoms with van der Waals surface area (Å²) in [6.07, 6.45) is 0.329. The molecular weight excluding hydrogens is 241 g/mol. The highest BCUT2D eigenvalue weighted by Gasteiger charge is 2.45. The molecule has 1 saturated heterocycles. The van der Waals surface area contributed by atoms with Crippen molar-refractivity contribution in [2.24, 2.45) is 0 Å². The summed E-state index contributed by atoms with van der Waals surface area (Å²) >= 11 is 0. The Kier molecular flexibility index (Phi) is 3.36. The minimum Gasteiger partial charge on any atom is -0.393 e. The second kappa shape index (κ2) is 4.66. The fourth-order valence-electron chi connectivity index (χ4n) is 2.13. The number of nitrogens with two attached hydrogens (primary N) is 1. The lowest BCUT2D eigenvalue weighted by molar-refractivity contribution is -0.132. The van der Waals surface area contributed by atoms with Gasteiger partial charge in [0.15, 0.2) is 0 Å². The van der Waals surface area contributed by atoms with Crippen molar-refractivity contribution in [1.29, 1.82) is 0 Å². The molecule has 18 heavy (non-hydrogen) atoms. The van der Waals surface area contributed by atoms with Crippen LogP contribution in [0.2, 0.25) is 0 Å². The van der Waals surface area contributed by atoms with Crippen molar-refractivity contribution in [2.75, 3.05) is 12.3 Å². The molecule has 0 bridgehead atoms. The quantitative estimate of drug-likeness (QED) is 0.808.